The average Bonchev–Trinajstić information content (AvgIpc) is 2.58. The molecule has 0 unspecified atom stereocenters. The molecule has 0 radical (unpaired) electrons. The van der Waals surface area contributed by atoms with Gasteiger partial charge in [0.1, 0.15) is 11.4 Å². The van der Waals surface area contributed by atoms with Crippen LogP contribution < -0.4 is 23.5 Å². The van der Waals surface area contributed by atoms with E-state index in [1.165, 1.54) is 17.2 Å². The summed E-state index contributed by atoms with van der Waals surface area (Å²) < 4.78 is 36.2. The highest BCUT2D eigenvalue weighted by Crippen LogP contribution is 2.17. The van der Waals surface area contributed by atoms with Crippen LogP contribution in [0.3, 0.4) is 0 Å². The van der Waals surface area contributed by atoms with Gasteiger partial charge in [0.25, 0.3) is 5.84 Å². The van der Waals surface area contributed by atoms with Gasteiger partial charge in [-0.2, -0.15) is 0 Å². The molecule has 0 saturated heterocycles. The molecule has 0 amide bonds. The summed E-state index contributed by atoms with van der Waals surface area (Å²) in [5, 5.41) is 0. The van der Waals surface area contributed by atoms with Crippen molar-refractivity contribution >= 4 is 17.2 Å². The van der Waals surface area contributed by atoms with E-state index in [-0.39, 0.29) is 0 Å². The fraction of sp³-hybridized carbons (Fsp3) is 0.278. The van der Waals surface area contributed by atoms with Gasteiger partial charge in [0, 0.05) is 6.42 Å². The number of hydrogen-bond donors (Lipinski definition) is 0. The Morgan fingerprint density at radius 3 is 1.80 bits per heavy atom. The van der Waals surface area contributed by atoms with Gasteiger partial charge in [-0.3, -0.25) is 0 Å². The second kappa shape index (κ2) is 10.1. The van der Waals surface area contributed by atoms with Gasteiger partial charge >= 0.3 is 0 Å². The molecule has 0 N–H and O–H groups in total. The monoisotopic (exact) mass is 366 g/mol. The van der Waals surface area contributed by atoms with Gasteiger partial charge in [0.15, 0.2) is 0 Å². The first-order valence-electron chi connectivity index (χ1n) is 7.79. The fourth-order valence-corrected chi connectivity index (χ4v) is 2.39. The van der Waals surface area contributed by atoms with Crippen molar-refractivity contribution in [3.05, 3.63) is 60.7 Å². The molecule has 2 rings (SSSR count). The third kappa shape index (κ3) is 8.11. The molecule has 0 aliphatic heterocycles. The normalized spacial score (nSPS) is 12.0. The Labute approximate surface area is 150 Å². The van der Waals surface area contributed by atoms with Crippen LogP contribution in [0.1, 0.15) is 19.8 Å². The van der Waals surface area contributed by atoms with Crippen molar-refractivity contribution in [3.63, 3.8) is 0 Å². The van der Waals surface area contributed by atoms with Crippen molar-refractivity contribution in [2.75, 3.05) is 19.0 Å². The highest BCUT2D eigenvalue weighted by Gasteiger charge is 2.19. The lowest BCUT2D eigenvalue weighted by molar-refractivity contribution is -2.00. The van der Waals surface area contributed by atoms with Crippen LogP contribution in [0.2, 0.25) is 0 Å². The van der Waals surface area contributed by atoms with E-state index in [9.17, 15) is 0 Å². The van der Waals surface area contributed by atoms with Crippen LogP contribution in [0, 0.1) is 10.2 Å². The summed E-state index contributed by atoms with van der Waals surface area (Å²) in [5.74, 6) is 1.31. The molecule has 0 heterocycles. The van der Waals surface area contributed by atoms with E-state index < -0.39 is 10.2 Å². The summed E-state index contributed by atoms with van der Waals surface area (Å²) in [6, 6.07) is 21.0. The highest BCUT2D eigenvalue weighted by molar-refractivity contribution is 5.94. The van der Waals surface area contributed by atoms with Crippen LogP contribution in [0.5, 0.6) is 0 Å². The minimum absolute atomic E-state index is 1.05. The van der Waals surface area contributed by atoms with E-state index >= 15 is 0 Å². The Bertz CT molecular complexity index is 652. The first-order chi connectivity index (χ1) is 11.7. The zero-order chi connectivity index (χ0) is 18.9. The SMILES string of the molecule is CCCC(N(C)c1ccccc1)=[N+](C)c1ccccc1.[O-][Cl+3]([O-])([O-])[O-]. The molecular formula is C18H23ClN2O4. The maximum atomic E-state index is 8.49. The number of nitrogens with zero attached hydrogens (tertiary/aromatic N) is 2. The van der Waals surface area contributed by atoms with E-state index in [4.69, 9.17) is 18.6 Å². The maximum absolute atomic E-state index is 8.49. The molecule has 0 spiro atoms. The minimum atomic E-state index is -4.94. The van der Waals surface area contributed by atoms with Crippen LogP contribution in [0.25, 0.3) is 0 Å². The molecule has 7 heteroatoms. The number of anilines is 1. The molecule has 6 nitrogen and oxygen atoms in total. The van der Waals surface area contributed by atoms with Gasteiger partial charge in [-0.25, -0.2) is 28.1 Å². The van der Waals surface area contributed by atoms with Crippen LogP contribution in [0.15, 0.2) is 60.7 Å². The lowest BCUT2D eigenvalue weighted by Crippen LogP contribution is -2.68. The second-order valence-corrected chi connectivity index (χ2v) is 6.09. The Balaban J connectivity index is 0.000000550. The van der Waals surface area contributed by atoms with Gasteiger partial charge in [-0.1, -0.05) is 43.3 Å². The van der Waals surface area contributed by atoms with Crippen molar-refractivity contribution in [3.8, 4) is 0 Å². The Morgan fingerprint density at radius 2 is 1.36 bits per heavy atom. The summed E-state index contributed by atoms with van der Waals surface area (Å²) in [4.78, 5) is 2.27. The van der Waals surface area contributed by atoms with Gasteiger partial charge < -0.3 is 0 Å². The molecular weight excluding hydrogens is 344 g/mol. The quantitative estimate of drug-likeness (QED) is 0.414. The van der Waals surface area contributed by atoms with Gasteiger partial charge in [-0.15, -0.1) is 10.2 Å². The zero-order valence-corrected chi connectivity index (χ0v) is 15.3. The van der Waals surface area contributed by atoms with Gasteiger partial charge in [-0.05, 0) is 30.7 Å². The number of para-hydroxylation sites is 2. The standard InChI is InChI=1S/C18H23N2.ClHO4/c1-4-11-18(19(2)16-12-7-5-8-13-16)20(3)17-14-9-6-10-15-17;2-1(3,4)5/h5-10,12-15H,4,11H2,1-3H3;(H,2,3,4,5)/q+1;/p-1. The molecule has 0 saturated carbocycles. The van der Waals surface area contributed by atoms with Crippen molar-refractivity contribution in [1.82, 2.24) is 0 Å². The molecule has 0 bridgehead atoms. The number of amidine groups is 1. The van der Waals surface area contributed by atoms with Crippen molar-refractivity contribution in [1.29, 1.82) is 0 Å². The van der Waals surface area contributed by atoms with Crippen molar-refractivity contribution in [2.24, 2.45) is 0 Å². The predicted octanol–water partition coefficient (Wildman–Crippen LogP) is -0.461. The topological polar surface area (TPSA) is 98.5 Å². The molecule has 0 aliphatic rings. The third-order valence-corrected chi connectivity index (χ3v) is 3.53. The smallest absolute Gasteiger partial charge is 0.234 e. The first-order valence-corrected chi connectivity index (χ1v) is 9.02. The van der Waals surface area contributed by atoms with E-state index in [1.54, 1.807) is 0 Å². The van der Waals surface area contributed by atoms with Crippen LogP contribution >= 0.6 is 0 Å². The molecule has 0 atom stereocenters. The second-order valence-electron chi connectivity index (χ2n) is 5.33. The van der Waals surface area contributed by atoms with Crippen LogP contribution in [0.4, 0.5) is 11.4 Å². The molecule has 25 heavy (non-hydrogen) atoms. The van der Waals surface area contributed by atoms with E-state index in [2.05, 4.69) is 91.2 Å². The maximum Gasteiger partial charge on any atom is 0.256 e. The molecule has 136 valence electrons. The number of rotatable bonds is 4. The summed E-state index contributed by atoms with van der Waals surface area (Å²) >= 11 is 0. The van der Waals surface area contributed by atoms with Gasteiger partial charge in [0.2, 0.25) is 0 Å². The average molecular weight is 367 g/mol. The first kappa shape index (κ1) is 21.1. The summed E-state index contributed by atoms with van der Waals surface area (Å²) in [5.41, 5.74) is 2.44. The largest absolute Gasteiger partial charge is 0.256 e. The fourth-order valence-electron chi connectivity index (χ4n) is 2.39. The molecule has 2 aromatic rings. The molecule has 0 fully saturated rings. The number of hydrogen-bond acceptors (Lipinski definition) is 4. The number of halogens is 1. The third-order valence-electron chi connectivity index (χ3n) is 3.53. The Morgan fingerprint density at radius 1 is 0.920 bits per heavy atom. The van der Waals surface area contributed by atoms with Crippen LogP contribution in [-0.2, 0) is 0 Å². The molecule has 2 aromatic carbocycles. The van der Waals surface area contributed by atoms with Crippen molar-refractivity contribution < 1.29 is 33.5 Å². The zero-order valence-electron chi connectivity index (χ0n) is 14.6. The lowest BCUT2D eigenvalue weighted by atomic mass is 10.2. The minimum Gasteiger partial charge on any atom is -0.234 e. The number of benzene rings is 2. The van der Waals surface area contributed by atoms with Crippen molar-refractivity contribution in [2.45, 2.75) is 19.8 Å². The Kier molecular flexibility index (Phi) is 8.54. The lowest BCUT2D eigenvalue weighted by Gasteiger charge is -2.17. The van der Waals surface area contributed by atoms with E-state index in [1.807, 2.05) is 0 Å². The summed E-state index contributed by atoms with van der Waals surface area (Å²) in [6.07, 6.45) is 2.18. The summed E-state index contributed by atoms with van der Waals surface area (Å²) in [7, 11) is -0.667. The van der Waals surface area contributed by atoms with Crippen LogP contribution in [-0.4, -0.2) is 24.5 Å². The summed E-state index contributed by atoms with van der Waals surface area (Å²) in [6.45, 7) is 2.22. The van der Waals surface area contributed by atoms with E-state index in [0.29, 0.717) is 0 Å². The molecule has 0 aliphatic carbocycles. The van der Waals surface area contributed by atoms with E-state index in [0.717, 1.165) is 12.8 Å². The van der Waals surface area contributed by atoms with Gasteiger partial charge in [0.05, 0.1) is 14.1 Å². The Hall–Kier alpha value is -1.96. The molecule has 0 aromatic heterocycles. The highest BCUT2D eigenvalue weighted by atomic mass is 35.7. The predicted molar refractivity (Wildman–Crippen MR) is 87.0 cm³/mol.